The fourth-order valence-corrected chi connectivity index (χ4v) is 3.16. The number of nitrogens with zero attached hydrogens (tertiary/aromatic N) is 1. The number of hydrogen-bond acceptors (Lipinski definition) is 3. The zero-order chi connectivity index (χ0) is 20.7. The molecule has 5 nitrogen and oxygen atoms in total. The van der Waals surface area contributed by atoms with Crippen molar-refractivity contribution >= 4 is 11.8 Å². The van der Waals surface area contributed by atoms with Gasteiger partial charge in [-0.3, -0.25) is 9.59 Å². The van der Waals surface area contributed by atoms with E-state index in [-0.39, 0.29) is 18.4 Å². The molecule has 0 aromatic heterocycles. The van der Waals surface area contributed by atoms with E-state index in [0.29, 0.717) is 18.8 Å². The Kier molecular flexibility index (Phi) is 7.61. The number of carbonyl (C=O) groups excluding carboxylic acids is 2. The summed E-state index contributed by atoms with van der Waals surface area (Å²) in [5.41, 5.74) is 4.25. The zero-order valence-corrected chi connectivity index (χ0v) is 17.4. The van der Waals surface area contributed by atoms with Crippen molar-refractivity contribution in [3.8, 4) is 5.75 Å². The third kappa shape index (κ3) is 6.12. The molecule has 0 aliphatic carbocycles. The van der Waals surface area contributed by atoms with Gasteiger partial charge in [0.25, 0.3) is 5.91 Å². The van der Waals surface area contributed by atoms with E-state index >= 15 is 0 Å². The minimum atomic E-state index is -0.587. The molecule has 150 valence electrons. The van der Waals surface area contributed by atoms with Gasteiger partial charge in [0.1, 0.15) is 11.8 Å². The van der Waals surface area contributed by atoms with E-state index < -0.39 is 6.04 Å². The van der Waals surface area contributed by atoms with Gasteiger partial charge in [0.2, 0.25) is 5.91 Å². The molecule has 1 atom stereocenters. The summed E-state index contributed by atoms with van der Waals surface area (Å²) in [5, 5.41) is 2.79. The molecule has 0 spiro atoms. The highest BCUT2D eigenvalue weighted by atomic mass is 16.5. The highest BCUT2D eigenvalue weighted by Crippen LogP contribution is 2.17. The van der Waals surface area contributed by atoms with Crippen LogP contribution in [0.3, 0.4) is 0 Å². The Hall–Kier alpha value is -2.82. The van der Waals surface area contributed by atoms with Gasteiger partial charge in [-0.05, 0) is 63.4 Å². The third-order valence-electron chi connectivity index (χ3n) is 4.51. The maximum atomic E-state index is 12.9. The van der Waals surface area contributed by atoms with Gasteiger partial charge >= 0.3 is 0 Å². The molecule has 1 unspecified atom stereocenters. The molecule has 2 aromatic carbocycles. The van der Waals surface area contributed by atoms with E-state index in [2.05, 4.69) is 11.4 Å². The van der Waals surface area contributed by atoms with E-state index in [1.54, 1.807) is 11.8 Å². The number of ether oxygens (including phenoxy) is 1. The van der Waals surface area contributed by atoms with E-state index in [1.807, 2.05) is 64.1 Å². The van der Waals surface area contributed by atoms with E-state index in [1.165, 1.54) is 0 Å². The van der Waals surface area contributed by atoms with Crippen LogP contribution in [0.25, 0.3) is 0 Å². The summed E-state index contributed by atoms with van der Waals surface area (Å²) >= 11 is 0. The van der Waals surface area contributed by atoms with Crippen molar-refractivity contribution in [2.75, 3.05) is 13.2 Å². The molecule has 0 saturated carbocycles. The SMILES string of the molecule is CCNC(=O)C(C)N(Cc1cccc(C)c1)C(=O)COc1cc(C)cc(C)c1. The lowest BCUT2D eigenvalue weighted by Gasteiger charge is -2.28. The third-order valence-corrected chi connectivity index (χ3v) is 4.51. The fraction of sp³-hybridized carbons (Fsp3) is 0.391. The molecule has 28 heavy (non-hydrogen) atoms. The minimum Gasteiger partial charge on any atom is -0.484 e. The number of carbonyl (C=O) groups is 2. The number of nitrogens with one attached hydrogen (secondary N) is 1. The van der Waals surface area contributed by atoms with Crippen molar-refractivity contribution in [3.63, 3.8) is 0 Å². The summed E-state index contributed by atoms with van der Waals surface area (Å²) in [4.78, 5) is 26.9. The minimum absolute atomic E-state index is 0.113. The van der Waals surface area contributed by atoms with E-state index in [4.69, 9.17) is 4.74 Å². The Balaban J connectivity index is 2.16. The summed E-state index contributed by atoms with van der Waals surface area (Å²) in [6.07, 6.45) is 0. The highest BCUT2D eigenvalue weighted by Gasteiger charge is 2.26. The Morgan fingerprint density at radius 1 is 1.04 bits per heavy atom. The quantitative estimate of drug-likeness (QED) is 0.760. The topological polar surface area (TPSA) is 58.6 Å². The van der Waals surface area contributed by atoms with Gasteiger partial charge in [-0.1, -0.05) is 35.9 Å². The molecule has 2 rings (SSSR count). The van der Waals surface area contributed by atoms with Crippen molar-refractivity contribution in [1.29, 1.82) is 0 Å². The van der Waals surface area contributed by atoms with Crippen molar-refractivity contribution in [3.05, 3.63) is 64.7 Å². The Labute approximate surface area is 167 Å². The van der Waals surface area contributed by atoms with Crippen LogP contribution in [0.4, 0.5) is 0 Å². The molecule has 0 aliphatic heterocycles. The van der Waals surface area contributed by atoms with Crippen LogP contribution in [-0.2, 0) is 16.1 Å². The summed E-state index contributed by atoms with van der Waals surface area (Å²) < 4.78 is 5.74. The molecule has 0 fully saturated rings. The summed E-state index contributed by atoms with van der Waals surface area (Å²) in [6, 6.07) is 13.2. The first-order valence-corrected chi connectivity index (χ1v) is 9.64. The van der Waals surface area contributed by atoms with Crippen molar-refractivity contribution in [1.82, 2.24) is 10.2 Å². The monoisotopic (exact) mass is 382 g/mol. The van der Waals surface area contributed by atoms with Crippen LogP contribution in [0.5, 0.6) is 5.75 Å². The second-order valence-corrected chi connectivity index (χ2v) is 7.19. The number of rotatable bonds is 8. The fourth-order valence-electron chi connectivity index (χ4n) is 3.16. The van der Waals surface area contributed by atoms with Crippen LogP contribution in [0.15, 0.2) is 42.5 Å². The Bertz CT molecular complexity index is 812. The number of benzene rings is 2. The zero-order valence-electron chi connectivity index (χ0n) is 17.4. The van der Waals surface area contributed by atoms with Gasteiger partial charge in [-0.2, -0.15) is 0 Å². The summed E-state index contributed by atoms with van der Waals surface area (Å²) in [6.45, 7) is 10.4. The molecule has 0 heterocycles. The second kappa shape index (κ2) is 9.93. The van der Waals surface area contributed by atoms with Crippen LogP contribution in [0.1, 0.15) is 36.1 Å². The average molecular weight is 383 g/mol. The first kappa shape index (κ1) is 21.5. The van der Waals surface area contributed by atoms with E-state index in [0.717, 1.165) is 22.3 Å². The molecule has 1 N–H and O–H groups in total. The number of likely N-dealkylation sites (N-methyl/N-ethyl adjacent to an activating group) is 1. The standard InChI is InChI=1S/C23H30N2O3/c1-6-24-23(27)19(5)25(14-20-9-7-8-16(2)11-20)22(26)15-28-21-12-17(3)10-18(4)13-21/h7-13,19H,6,14-15H2,1-5H3,(H,24,27). The van der Waals surface area contributed by atoms with Crippen molar-refractivity contribution in [2.45, 2.75) is 47.2 Å². The predicted molar refractivity (Wildman–Crippen MR) is 111 cm³/mol. The predicted octanol–water partition coefficient (Wildman–Crippen LogP) is 3.54. The van der Waals surface area contributed by atoms with Gasteiger partial charge in [-0.15, -0.1) is 0 Å². The Morgan fingerprint density at radius 3 is 2.32 bits per heavy atom. The van der Waals surface area contributed by atoms with Crippen molar-refractivity contribution in [2.24, 2.45) is 0 Å². The Morgan fingerprint density at radius 2 is 1.71 bits per heavy atom. The smallest absolute Gasteiger partial charge is 0.261 e. The van der Waals surface area contributed by atoms with Crippen LogP contribution in [-0.4, -0.2) is 35.9 Å². The van der Waals surface area contributed by atoms with Crippen LogP contribution in [0.2, 0.25) is 0 Å². The van der Waals surface area contributed by atoms with Crippen LogP contribution in [0, 0.1) is 20.8 Å². The molecular weight excluding hydrogens is 352 g/mol. The average Bonchev–Trinajstić information content (AvgIpc) is 2.63. The summed E-state index contributed by atoms with van der Waals surface area (Å²) in [5.74, 6) is 0.265. The molecule has 2 amide bonds. The first-order valence-electron chi connectivity index (χ1n) is 9.64. The second-order valence-electron chi connectivity index (χ2n) is 7.19. The molecular formula is C23H30N2O3. The molecule has 0 aliphatic rings. The maximum Gasteiger partial charge on any atom is 0.261 e. The van der Waals surface area contributed by atoms with Crippen LogP contribution >= 0.6 is 0 Å². The van der Waals surface area contributed by atoms with Gasteiger partial charge in [0.15, 0.2) is 6.61 Å². The van der Waals surface area contributed by atoms with E-state index in [9.17, 15) is 9.59 Å². The molecule has 5 heteroatoms. The van der Waals surface area contributed by atoms with Crippen molar-refractivity contribution < 1.29 is 14.3 Å². The molecule has 0 radical (unpaired) electrons. The number of amides is 2. The van der Waals surface area contributed by atoms with Crippen LogP contribution < -0.4 is 10.1 Å². The largest absolute Gasteiger partial charge is 0.484 e. The highest BCUT2D eigenvalue weighted by molar-refractivity contribution is 5.87. The number of hydrogen-bond donors (Lipinski definition) is 1. The van der Waals surface area contributed by atoms with Gasteiger partial charge in [0, 0.05) is 13.1 Å². The molecule has 0 bridgehead atoms. The number of aryl methyl sites for hydroxylation is 3. The maximum absolute atomic E-state index is 12.9. The van der Waals surface area contributed by atoms with Gasteiger partial charge in [0.05, 0.1) is 0 Å². The molecule has 2 aromatic rings. The summed E-state index contributed by atoms with van der Waals surface area (Å²) in [7, 11) is 0. The molecule has 0 saturated heterocycles. The van der Waals surface area contributed by atoms with Gasteiger partial charge < -0.3 is 15.0 Å². The first-order chi connectivity index (χ1) is 13.3. The lowest BCUT2D eigenvalue weighted by molar-refractivity contribution is -0.142. The van der Waals surface area contributed by atoms with Gasteiger partial charge in [-0.25, -0.2) is 0 Å². The lowest BCUT2D eigenvalue weighted by Crippen LogP contribution is -2.49. The normalized spacial score (nSPS) is 11.6. The lowest BCUT2D eigenvalue weighted by atomic mass is 10.1.